The van der Waals surface area contributed by atoms with Gasteiger partial charge in [0.05, 0.1) is 6.04 Å². The lowest BCUT2D eigenvalue weighted by molar-refractivity contribution is -0.128. The van der Waals surface area contributed by atoms with Crippen LogP contribution >= 0.6 is 0 Å². The third kappa shape index (κ3) is 4.08. The van der Waals surface area contributed by atoms with Gasteiger partial charge >= 0.3 is 0 Å². The van der Waals surface area contributed by atoms with Crippen molar-refractivity contribution in [2.75, 3.05) is 6.54 Å². The van der Waals surface area contributed by atoms with Crippen LogP contribution in [0.2, 0.25) is 0 Å². The fraction of sp³-hybridized carbons (Fsp3) is 0.333. The number of hydrogen-bond donors (Lipinski definition) is 1. The van der Waals surface area contributed by atoms with E-state index in [4.69, 9.17) is 0 Å². The summed E-state index contributed by atoms with van der Waals surface area (Å²) >= 11 is 0. The zero-order chi connectivity index (χ0) is 17.8. The van der Waals surface area contributed by atoms with Gasteiger partial charge in [0.25, 0.3) is 5.91 Å². The lowest BCUT2D eigenvalue weighted by Crippen LogP contribution is -2.27. The van der Waals surface area contributed by atoms with E-state index in [1.54, 1.807) is 0 Å². The molecule has 4 heteroatoms. The topological polar surface area (TPSA) is 49.4 Å². The van der Waals surface area contributed by atoms with Crippen LogP contribution in [0.25, 0.3) is 0 Å². The second kappa shape index (κ2) is 7.51. The van der Waals surface area contributed by atoms with Crippen molar-refractivity contribution in [2.45, 2.75) is 39.3 Å². The Morgan fingerprint density at radius 1 is 1.20 bits per heavy atom. The van der Waals surface area contributed by atoms with Gasteiger partial charge < -0.3 is 10.2 Å². The summed E-state index contributed by atoms with van der Waals surface area (Å²) in [5, 5.41) is 3.06. The van der Waals surface area contributed by atoms with Gasteiger partial charge in [0.1, 0.15) is 0 Å². The maximum atomic E-state index is 12.6. The average molecular weight is 336 g/mol. The lowest BCUT2D eigenvalue weighted by Gasteiger charge is -2.18. The van der Waals surface area contributed by atoms with Gasteiger partial charge in [-0.2, -0.15) is 0 Å². The molecule has 1 aliphatic rings. The van der Waals surface area contributed by atoms with E-state index in [2.05, 4.69) is 5.32 Å². The molecule has 3 rings (SSSR count). The van der Waals surface area contributed by atoms with Gasteiger partial charge in [0.15, 0.2) is 0 Å². The number of nitrogens with zero attached hydrogens (tertiary/aromatic N) is 1. The quantitative estimate of drug-likeness (QED) is 0.907. The van der Waals surface area contributed by atoms with Crippen LogP contribution in [-0.2, 0) is 11.3 Å². The minimum Gasteiger partial charge on any atom is -0.346 e. The normalized spacial score (nSPS) is 15.3. The van der Waals surface area contributed by atoms with Crippen LogP contribution in [0, 0.1) is 6.92 Å². The molecule has 1 unspecified atom stereocenters. The van der Waals surface area contributed by atoms with Gasteiger partial charge in [-0.1, -0.05) is 36.4 Å². The highest BCUT2D eigenvalue weighted by Crippen LogP contribution is 2.18. The summed E-state index contributed by atoms with van der Waals surface area (Å²) in [6, 6.07) is 15.5. The molecule has 2 aromatic carbocycles. The molecule has 130 valence electrons. The number of carbonyl (C=O) groups excluding carboxylic acids is 2. The maximum Gasteiger partial charge on any atom is 0.251 e. The molecule has 1 saturated heterocycles. The molecule has 0 spiro atoms. The van der Waals surface area contributed by atoms with Gasteiger partial charge in [0, 0.05) is 25.1 Å². The molecule has 0 radical (unpaired) electrons. The van der Waals surface area contributed by atoms with Crippen molar-refractivity contribution in [1.82, 2.24) is 10.2 Å². The van der Waals surface area contributed by atoms with Gasteiger partial charge in [-0.05, 0) is 49.1 Å². The number of likely N-dealkylation sites (tertiary alicyclic amines) is 1. The van der Waals surface area contributed by atoms with Crippen LogP contribution in [-0.4, -0.2) is 23.3 Å². The Morgan fingerprint density at radius 3 is 2.72 bits per heavy atom. The summed E-state index contributed by atoms with van der Waals surface area (Å²) in [5.74, 6) is 0.105. The Morgan fingerprint density at radius 2 is 2.00 bits per heavy atom. The number of aryl methyl sites for hydroxylation is 1. The van der Waals surface area contributed by atoms with Crippen molar-refractivity contribution in [3.8, 4) is 0 Å². The number of carbonyl (C=O) groups is 2. The van der Waals surface area contributed by atoms with Gasteiger partial charge in [0.2, 0.25) is 5.91 Å². The molecular weight excluding hydrogens is 312 g/mol. The highest BCUT2D eigenvalue weighted by Gasteiger charge is 2.20. The van der Waals surface area contributed by atoms with Crippen LogP contribution in [0.4, 0.5) is 0 Å². The summed E-state index contributed by atoms with van der Waals surface area (Å²) in [5.41, 5.74) is 3.90. The van der Waals surface area contributed by atoms with E-state index in [1.165, 1.54) is 0 Å². The van der Waals surface area contributed by atoms with Crippen LogP contribution in [0.1, 0.15) is 52.9 Å². The Hall–Kier alpha value is -2.62. The Balaban J connectivity index is 1.69. The zero-order valence-corrected chi connectivity index (χ0v) is 14.8. The van der Waals surface area contributed by atoms with Crippen molar-refractivity contribution in [2.24, 2.45) is 0 Å². The van der Waals surface area contributed by atoms with Crippen molar-refractivity contribution >= 4 is 11.8 Å². The second-order valence-electron chi connectivity index (χ2n) is 6.67. The lowest BCUT2D eigenvalue weighted by atomic mass is 10.0. The first-order chi connectivity index (χ1) is 12.0. The van der Waals surface area contributed by atoms with Crippen molar-refractivity contribution in [3.63, 3.8) is 0 Å². The van der Waals surface area contributed by atoms with Crippen molar-refractivity contribution in [3.05, 3.63) is 70.8 Å². The molecule has 1 aliphatic heterocycles. The smallest absolute Gasteiger partial charge is 0.251 e. The summed E-state index contributed by atoms with van der Waals surface area (Å²) in [6.07, 6.45) is 1.56. The predicted molar refractivity (Wildman–Crippen MR) is 98.2 cm³/mol. The summed E-state index contributed by atoms with van der Waals surface area (Å²) in [4.78, 5) is 26.2. The van der Waals surface area contributed by atoms with Crippen LogP contribution in [0.3, 0.4) is 0 Å². The third-order valence-electron chi connectivity index (χ3n) is 4.74. The molecule has 2 aromatic rings. The number of amides is 2. The van der Waals surface area contributed by atoms with Gasteiger partial charge in [-0.3, -0.25) is 9.59 Å². The van der Waals surface area contributed by atoms with E-state index < -0.39 is 0 Å². The summed E-state index contributed by atoms with van der Waals surface area (Å²) < 4.78 is 0. The Bertz CT molecular complexity index is 785. The molecule has 0 saturated carbocycles. The average Bonchev–Trinajstić information content (AvgIpc) is 3.00. The molecule has 0 aromatic heterocycles. The van der Waals surface area contributed by atoms with Crippen molar-refractivity contribution < 1.29 is 9.59 Å². The molecule has 1 fully saturated rings. The van der Waals surface area contributed by atoms with Crippen LogP contribution in [0.15, 0.2) is 48.5 Å². The van der Waals surface area contributed by atoms with E-state index in [0.29, 0.717) is 18.5 Å². The molecule has 1 atom stereocenters. The molecule has 2 amide bonds. The SMILES string of the molecule is Cc1ccccc1C(C)NC(=O)c1cccc(CN2CCCC2=O)c1. The minimum atomic E-state index is -0.0923. The second-order valence-corrected chi connectivity index (χ2v) is 6.67. The molecule has 4 nitrogen and oxygen atoms in total. The number of benzene rings is 2. The Labute approximate surface area is 148 Å². The zero-order valence-electron chi connectivity index (χ0n) is 14.8. The van der Waals surface area contributed by atoms with E-state index in [1.807, 2.05) is 67.3 Å². The number of rotatable bonds is 5. The highest BCUT2D eigenvalue weighted by atomic mass is 16.2. The fourth-order valence-corrected chi connectivity index (χ4v) is 3.33. The molecule has 1 N–H and O–H groups in total. The van der Waals surface area contributed by atoms with E-state index in [0.717, 1.165) is 29.7 Å². The number of nitrogens with one attached hydrogen (secondary N) is 1. The first kappa shape index (κ1) is 17.2. The summed E-state index contributed by atoms with van der Waals surface area (Å²) in [7, 11) is 0. The molecule has 0 bridgehead atoms. The Kier molecular flexibility index (Phi) is 5.17. The maximum absolute atomic E-state index is 12.6. The predicted octanol–water partition coefficient (Wildman–Crippen LogP) is 3.61. The third-order valence-corrected chi connectivity index (χ3v) is 4.74. The molecule has 25 heavy (non-hydrogen) atoms. The van der Waals surface area contributed by atoms with Gasteiger partial charge in [-0.15, -0.1) is 0 Å². The first-order valence-corrected chi connectivity index (χ1v) is 8.77. The molecule has 1 heterocycles. The van der Waals surface area contributed by atoms with Crippen molar-refractivity contribution in [1.29, 1.82) is 0 Å². The fourth-order valence-electron chi connectivity index (χ4n) is 3.33. The molecular formula is C21H24N2O2. The van der Waals surface area contributed by atoms with Gasteiger partial charge in [-0.25, -0.2) is 0 Å². The monoisotopic (exact) mass is 336 g/mol. The van der Waals surface area contributed by atoms with E-state index >= 15 is 0 Å². The minimum absolute atomic E-state index is 0.0579. The van der Waals surface area contributed by atoms with Crippen LogP contribution in [0.5, 0.6) is 0 Å². The first-order valence-electron chi connectivity index (χ1n) is 8.77. The highest BCUT2D eigenvalue weighted by molar-refractivity contribution is 5.94. The summed E-state index contributed by atoms with van der Waals surface area (Å²) in [6.45, 7) is 5.42. The van der Waals surface area contributed by atoms with E-state index in [-0.39, 0.29) is 17.9 Å². The number of hydrogen-bond acceptors (Lipinski definition) is 2. The van der Waals surface area contributed by atoms with Crippen LogP contribution < -0.4 is 5.32 Å². The standard InChI is InChI=1S/C21H24N2O2/c1-15-7-3-4-10-19(15)16(2)22-21(25)18-9-5-8-17(13-18)14-23-12-6-11-20(23)24/h3-5,7-10,13,16H,6,11-12,14H2,1-2H3,(H,22,25). The van der Waals surface area contributed by atoms with E-state index in [9.17, 15) is 9.59 Å². The molecule has 0 aliphatic carbocycles. The largest absolute Gasteiger partial charge is 0.346 e.